The van der Waals surface area contributed by atoms with Gasteiger partial charge >= 0.3 is 0 Å². The number of amides is 1. The lowest BCUT2D eigenvalue weighted by molar-refractivity contribution is -0.133. The molecule has 2 fully saturated rings. The highest BCUT2D eigenvalue weighted by atomic mass is 16.2. The Morgan fingerprint density at radius 1 is 1.16 bits per heavy atom. The first kappa shape index (κ1) is 14.3. The van der Waals surface area contributed by atoms with E-state index in [0.29, 0.717) is 13.1 Å². The maximum Gasteiger partial charge on any atom is 0.236 e. The molecule has 5 nitrogen and oxygen atoms in total. The molecule has 19 heavy (non-hydrogen) atoms. The predicted octanol–water partition coefficient (Wildman–Crippen LogP) is 0.576. The maximum atomic E-state index is 12.3. The zero-order valence-corrected chi connectivity index (χ0v) is 11.6. The standard InChI is InChI=1S/C14H24N4O/c15-10-13-11-16-6-9-18(13)12-14(19)17-7-4-2-1-3-5-8-17/h13,16H,1-9,11-12H2. The molecular formula is C14H24N4O. The number of rotatable bonds is 2. The highest BCUT2D eigenvalue weighted by Gasteiger charge is 2.25. The number of nitrogens with one attached hydrogen (secondary N) is 1. The van der Waals surface area contributed by atoms with Crippen LogP contribution in [0.5, 0.6) is 0 Å². The molecule has 2 aliphatic rings. The van der Waals surface area contributed by atoms with Gasteiger partial charge in [-0.1, -0.05) is 19.3 Å². The normalized spacial score (nSPS) is 26.3. The van der Waals surface area contributed by atoms with Gasteiger partial charge in [0.1, 0.15) is 6.04 Å². The van der Waals surface area contributed by atoms with Gasteiger partial charge in [-0.3, -0.25) is 9.69 Å². The number of nitrogens with zero attached hydrogens (tertiary/aromatic N) is 3. The van der Waals surface area contributed by atoms with Gasteiger partial charge in [0, 0.05) is 32.7 Å². The van der Waals surface area contributed by atoms with Gasteiger partial charge in [0.25, 0.3) is 0 Å². The fraction of sp³-hybridized carbons (Fsp3) is 0.857. The van der Waals surface area contributed by atoms with Crippen LogP contribution in [-0.2, 0) is 4.79 Å². The first-order valence-corrected chi connectivity index (χ1v) is 7.43. The second-order valence-electron chi connectivity index (χ2n) is 5.47. The van der Waals surface area contributed by atoms with E-state index in [1.807, 2.05) is 9.80 Å². The molecule has 2 rings (SSSR count). The third-order valence-corrected chi connectivity index (χ3v) is 4.05. The van der Waals surface area contributed by atoms with Crippen LogP contribution in [0.3, 0.4) is 0 Å². The summed E-state index contributed by atoms with van der Waals surface area (Å²) in [5.41, 5.74) is 0. The van der Waals surface area contributed by atoms with Gasteiger partial charge in [0.2, 0.25) is 5.91 Å². The smallest absolute Gasteiger partial charge is 0.236 e. The third-order valence-electron chi connectivity index (χ3n) is 4.05. The van der Waals surface area contributed by atoms with Crippen molar-refractivity contribution < 1.29 is 4.79 Å². The molecule has 0 aromatic carbocycles. The van der Waals surface area contributed by atoms with Crippen molar-refractivity contribution in [2.24, 2.45) is 0 Å². The van der Waals surface area contributed by atoms with Gasteiger partial charge in [-0.15, -0.1) is 0 Å². The second-order valence-corrected chi connectivity index (χ2v) is 5.47. The first-order chi connectivity index (χ1) is 9.31. The Morgan fingerprint density at radius 3 is 2.53 bits per heavy atom. The van der Waals surface area contributed by atoms with E-state index in [9.17, 15) is 4.79 Å². The summed E-state index contributed by atoms with van der Waals surface area (Å²) in [6.45, 7) is 4.51. The molecular weight excluding hydrogens is 240 g/mol. The molecule has 0 aromatic rings. The lowest BCUT2D eigenvalue weighted by Gasteiger charge is -2.33. The van der Waals surface area contributed by atoms with Crippen molar-refractivity contribution in [2.75, 3.05) is 39.3 Å². The van der Waals surface area contributed by atoms with Crippen LogP contribution < -0.4 is 5.32 Å². The number of carbonyl (C=O) groups is 1. The van der Waals surface area contributed by atoms with E-state index in [-0.39, 0.29) is 11.9 Å². The number of carbonyl (C=O) groups excluding carboxylic acids is 1. The molecule has 0 aliphatic carbocycles. The molecule has 2 aliphatic heterocycles. The second kappa shape index (κ2) is 7.46. The average molecular weight is 264 g/mol. The van der Waals surface area contributed by atoms with Crippen molar-refractivity contribution in [3.05, 3.63) is 0 Å². The summed E-state index contributed by atoms with van der Waals surface area (Å²) in [7, 11) is 0. The van der Waals surface area contributed by atoms with Crippen LogP contribution >= 0.6 is 0 Å². The van der Waals surface area contributed by atoms with Gasteiger partial charge in [-0.25, -0.2) is 0 Å². The van der Waals surface area contributed by atoms with E-state index in [4.69, 9.17) is 5.26 Å². The van der Waals surface area contributed by atoms with Crippen molar-refractivity contribution in [2.45, 2.75) is 38.1 Å². The molecule has 2 saturated heterocycles. The van der Waals surface area contributed by atoms with Gasteiger partial charge in [-0.2, -0.15) is 5.26 Å². The zero-order valence-electron chi connectivity index (χ0n) is 11.6. The van der Waals surface area contributed by atoms with Gasteiger partial charge in [0.05, 0.1) is 12.6 Å². The summed E-state index contributed by atoms with van der Waals surface area (Å²) in [6, 6.07) is 2.12. The van der Waals surface area contributed by atoms with Crippen LogP contribution in [-0.4, -0.2) is 61.0 Å². The Morgan fingerprint density at radius 2 is 1.84 bits per heavy atom. The van der Waals surface area contributed by atoms with Crippen LogP contribution in [0, 0.1) is 11.3 Å². The Kier molecular flexibility index (Phi) is 5.62. The van der Waals surface area contributed by atoms with Crippen molar-refractivity contribution in [3.8, 4) is 6.07 Å². The minimum Gasteiger partial charge on any atom is -0.342 e. The number of nitriles is 1. The van der Waals surface area contributed by atoms with Crippen molar-refractivity contribution in [1.82, 2.24) is 15.1 Å². The molecule has 0 aromatic heterocycles. The van der Waals surface area contributed by atoms with Crippen molar-refractivity contribution in [1.29, 1.82) is 5.26 Å². The van der Waals surface area contributed by atoms with Gasteiger partial charge in [0.15, 0.2) is 0 Å². The maximum absolute atomic E-state index is 12.3. The number of piperazine rings is 1. The third kappa shape index (κ3) is 4.19. The van der Waals surface area contributed by atoms with E-state index < -0.39 is 0 Å². The lowest BCUT2D eigenvalue weighted by Crippen LogP contribution is -2.54. The van der Waals surface area contributed by atoms with E-state index >= 15 is 0 Å². The molecule has 0 bridgehead atoms. The van der Waals surface area contributed by atoms with Crippen LogP contribution in [0.4, 0.5) is 0 Å². The first-order valence-electron chi connectivity index (χ1n) is 7.43. The molecule has 106 valence electrons. The lowest BCUT2D eigenvalue weighted by atomic mass is 10.1. The van der Waals surface area contributed by atoms with Crippen LogP contribution in [0.2, 0.25) is 0 Å². The van der Waals surface area contributed by atoms with Gasteiger partial charge in [-0.05, 0) is 12.8 Å². The molecule has 1 unspecified atom stereocenters. The van der Waals surface area contributed by atoms with Crippen molar-refractivity contribution >= 4 is 5.91 Å². The van der Waals surface area contributed by atoms with Crippen LogP contribution in [0.1, 0.15) is 32.1 Å². The SMILES string of the molecule is N#CC1CNCCN1CC(=O)N1CCCCCCC1. The van der Waals surface area contributed by atoms with Crippen LogP contribution in [0.25, 0.3) is 0 Å². The highest BCUT2D eigenvalue weighted by molar-refractivity contribution is 5.78. The zero-order chi connectivity index (χ0) is 13.5. The molecule has 1 amide bonds. The highest BCUT2D eigenvalue weighted by Crippen LogP contribution is 2.11. The Hall–Kier alpha value is -1.12. The van der Waals surface area contributed by atoms with E-state index in [2.05, 4.69) is 11.4 Å². The minimum atomic E-state index is -0.160. The fourth-order valence-electron chi connectivity index (χ4n) is 2.83. The van der Waals surface area contributed by atoms with E-state index in [1.165, 1.54) is 19.3 Å². The molecule has 2 heterocycles. The summed E-state index contributed by atoms with van der Waals surface area (Å²) in [4.78, 5) is 16.4. The molecule has 1 atom stereocenters. The Labute approximate surface area is 115 Å². The summed E-state index contributed by atoms with van der Waals surface area (Å²) >= 11 is 0. The Balaban J connectivity index is 1.86. The minimum absolute atomic E-state index is 0.160. The Bertz CT molecular complexity index is 331. The van der Waals surface area contributed by atoms with Gasteiger partial charge < -0.3 is 10.2 Å². The van der Waals surface area contributed by atoms with E-state index in [0.717, 1.165) is 39.0 Å². The molecule has 0 saturated carbocycles. The molecule has 1 N–H and O–H groups in total. The predicted molar refractivity (Wildman–Crippen MR) is 73.5 cm³/mol. The monoisotopic (exact) mass is 264 g/mol. The molecule has 0 radical (unpaired) electrons. The quantitative estimate of drug-likeness (QED) is 0.792. The van der Waals surface area contributed by atoms with Crippen molar-refractivity contribution in [3.63, 3.8) is 0 Å². The number of likely N-dealkylation sites (tertiary alicyclic amines) is 1. The molecule has 5 heteroatoms. The summed E-state index contributed by atoms with van der Waals surface area (Å²) < 4.78 is 0. The van der Waals surface area contributed by atoms with E-state index in [1.54, 1.807) is 0 Å². The molecule has 0 spiro atoms. The summed E-state index contributed by atoms with van der Waals surface area (Å²) in [5, 5.41) is 12.3. The fourth-order valence-corrected chi connectivity index (χ4v) is 2.83. The summed E-state index contributed by atoms with van der Waals surface area (Å²) in [5.74, 6) is 0.198. The number of hydrogen-bond acceptors (Lipinski definition) is 4. The average Bonchev–Trinajstić information content (AvgIpc) is 2.38. The largest absolute Gasteiger partial charge is 0.342 e. The number of hydrogen-bond donors (Lipinski definition) is 1. The van der Waals surface area contributed by atoms with Crippen LogP contribution in [0.15, 0.2) is 0 Å². The summed E-state index contributed by atoms with van der Waals surface area (Å²) in [6.07, 6.45) is 6.01. The topological polar surface area (TPSA) is 59.4 Å².